The fourth-order valence-corrected chi connectivity index (χ4v) is 4.59. The van der Waals surface area contributed by atoms with Gasteiger partial charge in [-0.15, -0.1) is 0 Å². The first-order valence-corrected chi connectivity index (χ1v) is 10.9. The van der Waals surface area contributed by atoms with Gasteiger partial charge in [0.25, 0.3) is 5.91 Å². The van der Waals surface area contributed by atoms with Gasteiger partial charge < -0.3 is 36.3 Å². The van der Waals surface area contributed by atoms with Crippen molar-refractivity contribution in [2.75, 3.05) is 45.5 Å². The summed E-state index contributed by atoms with van der Waals surface area (Å²) < 4.78 is 23.6. The first kappa shape index (κ1) is 22.4. The van der Waals surface area contributed by atoms with Crippen LogP contribution in [0.1, 0.15) is 6.42 Å². The Labute approximate surface area is 196 Å². The van der Waals surface area contributed by atoms with Gasteiger partial charge in [-0.05, 0) is 39.2 Å². The van der Waals surface area contributed by atoms with Gasteiger partial charge in [0.2, 0.25) is 12.9 Å². The van der Waals surface area contributed by atoms with E-state index in [1.54, 1.807) is 4.90 Å². The lowest BCUT2D eigenvalue weighted by Crippen LogP contribution is -3.00. The van der Waals surface area contributed by atoms with Crippen LogP contribution in [0.5, 0.6) is 23.0 Å². The average molecular weight is 477 g/mol. The number of fused-ring (bicyclic) bond motifs is 3. The number of halogens is 1. The lowest BCUT2D eigenvalue weighted by atomic mass is 10.2. The van der Waals surface area contributed by atoms with Gasteiger partial charge >= 0.3 is 0 Å². The van der Waals surface area contributed by atoms with E-state index in [1.807, 2.05) is 50.5 Å². The van der Waals surface area contributed by atoms with Crippen molar-refractivity contribution >= 4 is 32.6 Å². The molecule has 5 rings (SSSR count). The molecule has 0 radical (unpaired) electrons. The van der Waals surface area contributed by atoms with Gasteiger partial charge in [-0.2, -0.15) is 0 Å². The van der Waals surface area contributed by atoms with Crippen molar-refractivity contribution in [3.05, 3.63) is 36.4 Å². The van der Waals surface area contributed by atoms with Crippen LogP contribution in [0.2, 0.25) is 0 Å². The molecule has 8 nitrogen and oxygen atoms in total. The van der Waals surface area contributed by atoms with Crippen LogP contribution in [-0.4, -0.2) is 62.5 Å². The molecule has 0 bridgehead atoms. The third kappa shape index (κ3) is 4.41. The fraction of sp³-hybridized carbons (Fsp3) is 0.364. The number of para-hydroxylation sites is 2. The zero-order chi connectivity index (χ0) is 21.4. The summed E-state index contributed by atoms with van der Waals surface area (Å²) in [6.07, 6.45) is 0.0830. The first-order valence-electron chi connectivity index (χ1n) is 10.1. The summed E-state index contributed by atoms with van der Waals surface area (Å²) in [5, 5.41) is 0.630. The standard InChI is InChI=1S/C22H23N3O5S.ClH/c1-24(2)8-5-9-25(21(26)19-12-27-15-6-3-4-7-16(15)30-19)22-23-14-10-17-18(29-13-28-17)11-20(14)31-22;/h3-4,6-7,10-11,19H,5,8-9,12-13H2,1-2H3;1H/p-1. The first-order chi connectivity index (χ1) is 15.1. The fourth-order valence-electron chi connectivity index (χ4n) is 3.58. The van der Waals surface area contributed by atoms with Crippen LogP contribution in [-0.2, 0) is 4.79 Å². The predicted octanol–water partition coefficient (Wildman–Crippen LogP) is 0.154. The molecule has 1 unspecified atom stereocenters. The molecular weight excluding hydrogens is 454 g/mol. The van der Waals surface area contributed by atoms with E-state index >= 15 is 0 Å². The quantitative estimate of drug-likeness (QED) is 0.501. The number of ether oxygens (including phenoxy) is 4. The third-order valence-corrected chi connectivity index (χ3v) is 6.18. The molecule has 1 amide bonds. The van der Waals surface area contributed by atoms with Gasteiger partial charge in [0, 0.05) is 18.7 Å². The summed E-state index contributed by atoms with van der Waals surface area (Å²) >= 11 is 1.46. The van der Waals surface area contributed by atoms with Crippen LogP contribution in [0.15, 0.2) is 36.4 Å². The largest absolute Gasteiger partial charge is 1.00 e. The van der Waals surface area contributed by atoms with Crippen molar-refractivity contribution < 1.29 is 36.1 Å². The summed E-state index contributed by atoms with van der Waals surface area (Å²) in [6, 6.07) is 11.2. The lowest BCUT2D eigenvalue weighted by molar-refractivity contribution is -0.127. The van der Waals surface area contributed by atoms with Gasteiger partial charge in [-0.1, -0.05) is 23.5 Å². The Hall–Kier alpha value is -2.75. The predicted molar refractivity (Wildman–Crippen MR) is 118 cm³/mol. The van der Waals surface area contributed by atoms with Crippen molar-refractivity contribution in [2.45, 2.75) is 12.5 Å². The minimum absolute atomic E-state index is 0. The van der Waals surface area contributed by atoms with Gasteiger partial charge in [-0.3, -0.25) is 9.69 Å². The monoisotopic (exact) mass is 476 g/mol. The Balaban J connectivity index is 0.00000245. The van der Waals surface area contributed by atoms with Crippen LogP contribution in [0.25, 0.3) is 10.2 Å². The van der Waals surface area contributed by atoms with Crippen LogP contribution in [0, 0.1) is 0 Å². The van der Waals surface area contributed by atoms with E-state index in [1.165, 1.54) is 11.3 Å². The van der Waals surface area contributed by atoms with Crippen molar-refractivity contribution in [3.63, 3.8) is 0 Å². The summed E-state index contributed by atoms with van der Waals surface area (Å²) in [5.41, 5.74) is 0.779. The Bertz CT molecular complexity index is 1080. The maximum atomic E-state index is 13.5. The molecule has 3 heterocycles. The van der Waals surface area contributed by atoms with Gasteiger partial charge in [0.05, 0.1) is 10.2 Å². The maximum absolute atomic E-state index is 13.5. The molecule has 10 heteroatoms. The Morgan fingerprint density at radius 2 is 1.81 bits per heavy atom. The van der Waals surface area contributed by atoms with Crippen molar-refractivity contribution in [3.8, 4) is 23.0 Å². The van der Waals surface area contributed by atoms with Crippen molar-refractivity contribution in [1.82, 2.24) is 9.88 Å². The average Bonchev–Trinajstić information content (AvgIpc) is 3.39. The van der Waals surface area contributed by atoms with Crippen LogP contribution < -0.4 is 36.3 Å². The summed E-state index contributed by atoms with van der Waals surface area (Å²) in [5.74, 6) is 2.45. The van der Waals surface area contributed by atoms with Crippen LogP contribution in [0.4, 0.5) is 5.13 Å². The SMILES string of the molecule is CN(C)CCCN(C(=O)C1COc2ccccc2O1)c1nc2cc3c(cc2s1)OCO3.[Cl-]. The molecule has 0 saturated carbocycles. The molecule has 0 N–H and O–H groups in total. The lowest BCUT2D eigenvalue weighted by Gasteiger charge is -2.29. The van der Waals surface area contributed by atoms with E-state index in [-0.39, 0.29) is 31.7 Å². The number of hydrogen-bond acceptors (Lipinski definition) is 8. The van der Waals surface area contributed by atoms with E-state index < -0.39 is 6.10 Å². The molecule has 2 aliphatic rings. The molecule has 170 valence electrons. The second kappa shape index (κ2) is 9.40. The number of carbonyl (C=O) groups is 1. The molecule has 1 aromatic heterocycles. The number of carbonyl (C=O) groups excluding carboxylic acids is 1. The number of aromatic nitrogens is 1. The molecule has 0 aliphatic carbocycles. The molecule has 32 heavy (non-hydrogen) atoms. The number of benzene rings is 2. The topological polar surface area (TPSA) is 73.4 Å². The van der Waals surface area contributed by atoms with Crippen molar-refractivity contribution in [1.29, 1.82) is 0 Å². The number of anilines is 1. The van der Waals surface area contributed by atoms with E-state index in [2.05, 4.69) is 4.90 Å². The highest BCUT2D eigenvalue weighted by molar-refractivity contribution is 7.22. The molecule has 0 saturated heterocycles. The molecule has 0 fully saturated rings. The molecule has 2 aromatic carbocycles. The minimum Gasteiger partial charge on any atom is -1.00 e. The smallest absolute Gasteiger partial charge is 0.273 e. The number of thiazole rings is 1. The second-order valence-electron chi connectivity index (χ2n) is 7.68. The molecular formula is C22H23ClN3O5S-. The highest BCUT2D eigenvalue weighted by atomic mass is 35.5. The van der Waals surface area contributed by atoms with Gasteiger partial charge in [0.15, 0.2) is 28.1 Å². The number of hydrogen-bond donors (Lipinski definition) is 0. The van der Waals surface area contributed by atoms with E-state index in [4.69, 9.17) is 23.9 Å². The highest BCUT2D eigenvalue weighted by Crippen LogP contribution is 2.40. The Morgan fingerprint density at radius 3 is 2.59 bits per heavy atom. The van der Waals surface area contributed by atoms with E-state index in [9.17, 15) is 4.79 Å². The molecule has 2 aliphatic heterocycles. The van der Waals surface area contributed by atoms with Crippen molar-refractivity contribution in [2.24, 2.45) is 0 Å². The zero-order valence-electron chi connectivity index (χ0n) is 17.7. The Kier molecular flexibility index (Phi) is 6.59. The summed E-state index contributed by atoms with van der Waals surface area (Å²) in [6.45, 7) is 1.77. The zero-order valence-corrected chi connectivity index (χ0v) is 19.3. The van der Waals surface area contributed by atoms with Crippen LogP contribution in [0.3, 0.4) is 0 Å². The van der Waals surface area contributed by atoms with E-state index in [0.717, 1.165) is 23.2 Å². The minimum atomic E-state index is -0.724. The number of amides is 1. The third-order valence-electron chi connectivity index (χ3n) is 5.14. The highest BCUT2D eigenvalue weighted by Gasteiger charge is 2.33. The molecule has 1 atom stereocenters. The number of rotatable bonds is 6. The van der Waals surface area contributed by atoms with Crippen LogP contribution >= 0.6 is 11.3 Å². The second-order valence-corrected chi connectivity index (χ2v) is 8.69. The maximum Gasteiger partial charge on any atom is 0.273 e. The summed E-state index contributed by atoms with van der Waals surface area (Å²) in [4.78, 5) is 22.0. The summed E-state index contributed by atoms with van der Waals surface area (Å²) in [7, 11) is 4.03. The normalized spacial score (nSPS) is 16.2. The van der Waals surface area contributed by atoms with E-state index in [0.29, 0.717) is 34.7 Å². The molecule has 0 spiro atoms. The van der Waals surface area contributed by atoms with Gasteiger partial charge in [-0.25, -0.2) is 4.98 Å². The van der Waals surface area contributed by atoms with Gasteiger partial charge in [0.1, 0.15) is 6.61 Å². The number of nitrogens with zero attached hydrogens (tertiary/aromatic N) is 3. The Morgan fingerprint density at radius 1 is 1.06 bits per heavy atom. The molecule has 3 aromatic rings.